The molecule has 0 amide bonds. The number of aromatic hydroxyl groups is 1. The number of aromatic nitrogens is 1. The zero-order chi connectivity index (χ0) is 14.8. The molecular formula is C14H10N4O3. The second-order valence-corrected chi connectivity index (χ2v) is 4.31. The SMILES string of the molecule is O=[N+]([O-])c1cccc2[nH]c(O)c(N=Nc3ccccc3)c12. The lowest BCUT2D eigenvalue weighted by Crippen LogP contribution is -1.87. The molecule has 0 fully saturated rings. The van der Waals surface area contributed by atoms with Crippen molar-refractivity contribution in [3.8, 4) is 5.88 Å². The molecule has 104 valence electrons. The average Bonchev–Trinajstić information content (AvgIpc) is 2.81. The Morgan fingerprint density at radius 3 is 2.52 bits per heavy atom. The lowest BCUT2D eigenvalue weighted by atomic mass is 10.2. The second-order valence-electron chi connectivity index (χ2n) is 4.31. The normalized spacial score (nSPS) is 11.2. The fraction of sp³-hybridized carbons (Fsp3) is 0. The summed E-state index contributed by atoms with van der Waals surface area (Å²) < 4.78 is 0. The van der Waals surface area contributed by atoms with E-state index in [2.05, 4.69) is 15.2 Å². The molecule has 7 nitrogen and oxygen atoms in total. The van der Waals surface area contributed by atoms with E-state index in [0.29, 0.717) is 11.2 Å². The number of H-pyrrole nitrogens is 1. The lowest BCUT2D eigenvalue weighted by Gasteiger charge is -1.95. The molecule has 7 heteroatoms. The second kappa shape index (κ2) is 5.04. The van der Waals surface area contributed by atoms with Crippen molar-refractivity contribution in [3.63, 3.8) is 0 Å². The number of nitro groups is 1. The van der Waals surface area contributed by atoms with E-state index < -0.39 is 4.92 Å². The number of benzene rings is 2. The number of azo groups is 1. The maximum absolute atomic E-state index is 11.1. The third-order valence-corrected chi connectivity index (χ3v) is 2.98. The van der Waals surface area contributed by atoms with Crippen LogP contribution in [0.15, 0.2) is 58.8 Å². The minimum atomic E-state index is -0.517. The first-order valence-corrected chi connectivity index (χ1v) is 6.11. The first-order chi connectivity index (χ1) is 10.2. The Morgan fingerprint density at radius 1 is 1.05 bits per heavy atom. The van der Waals surface area contributed by atoms with Crippen LogP contribution in [0.4, 0.5) is 17.1 Å². The van der Waals surface area contributed by atoms with Gasteiger partial charge in [-0.15, -0.1) is 5.11 Å². The maximum atomic E-state index is 11.1. The first-order valence-electron chi connectivity index (χ1n) is 6.11. The number of hydrogen-bond donors (Lipinski definition) is 2. The van der Waals surface area contributed by atoms with Crippen LogP contribution in [0.25, 0.3) is 10.9 Å². The minimum Gasteiger partial charge on any atom is -0.493 e. The third-order valence-electron chi connectivity index (χ3n) is 2.98. The van der Waals surface area contributed by atoms with Crippen LogP contribution in [0.3, 0.4) is 0 Å². The predicted octanol–water partition coefficient (Wildman–Crippen LogP) is 4.20. The summed E-state index contributed by atoms with van der Waals surface area (Å²) in [5.74, 6) is -0.251. The lowest BCUT2D eigenvalue weighted by molar-refractivity contribution is -0.383. The van der Waals surface area contributed by atoms with Crippen LogP contribution in [0.5, 0.6) is 5.88 Å². The van der Waals surface area contributed by atoms with Gasteiger partial charge in [0.1, 0.15) is 5.39 Å². The van der Waals surface area contributed by atoms with Crippen molar-refractivity contribution in [1.82, 2.24) is 4.98 Å². The summed E-state index contributed by atoms with van der Waals surface area (Å²) in [5, 5.41) is 29.1. The number of rotatable bonds is 3. The highest BCUT2D eigenvalue weighted by Crippen LogP contribution is 2.41. The van der Waals surface area contributed by atoms with Crippen molar-refractivity contribution in [2.45, 2.75) is 0 Å². The Balaban J connectivity index is 2.16. The van der Waals surface area contributed by atoms with Crippen molar-refractivity contribution >= 4 is 28.0 Å². The number of nitrogens with zero attached hydrogens (tertiary/aromatic N) is 3. The van der Waals surface area contributed by atoms with Gasteiger partial charge < -0.3 is 10.1 Å². The Bertz CT molecular complexity index is 840. The van der Waals surface area contributed by atoms with Gasteiger partial charge in [-0.1, -0.05) is 24.3 Å². The van der Waals surface area contributed by atoms with Gasteiger partial charge in [-0.05, 0) is 18.2 Å². The summed E-state index contributed by atoms with van der Waals surface area (Å²) in [6.45, 7) is 0. The van der Waals surface area contributed by atoms with E-state index in [0.717, 1.165) is 0 Å². The van der Waals surface area contributed by atoms with Gasteiger partial charge >= 0.3 is 0 Å². The highest BCUT2D eigenvalue weighted by molar-refractivity contribution is 6.00. The van der Waals surface area contributed by atoms with Gasteiger partial charge in [-0.25, -0.2) is 0 Å². The molecular weight excluding hydrogens is 272 g/mol. The zero-order valence-corrected chi connectivity index (χ0v) is 10.7. The van der Waals surface area contributed by atoms with Crippen molar-refractivity contribution in [2.24, 2.45) is 10.2 Å². The summed E-state index contributed by atoms with van der Waals surface area (Å²) in [7, 11) is 0. The molecule has 0 bridgehead atoms. The molecule has 0 atom stereocenters. The Labute approximate surface area is 118 Å². The van der Waals surface area contributed by atoms with E-state index in [1.54, 1.807) is 30.3 Å². The molecule has 0 radical (unpaired) electrons. The summed E-state index contributed by atoms with van der Waals surface area (Å²) in [4.78, 5) is 13.2. The minimum absolute atomic E-state index is 0.0566. The summed E-state index contributed by atoms with van der Waals surface area (Å²) in [6.07, 6.45) is 0. The van der Waals surface area contributed by atoms with Crippen molar-refractivity contribution < 1.29 is 10.0 Å². The van der Waals surface area contributed by atoms with Crippen LogP contribution in [0.2, 0.25) is 0 Å². The van der Waals surface area contributed by atoms with E-state index in [9.17, 15) is 15.2 Å². The van der Waals surface area contributed by atoms with Crippen molar-refractivity contribution in [3.05, 3.63) is 58.6 Å². The molecule has 1 aromatic heterocycles. The quantitative estimate of drug-likeness (QED) is 0.427. The van der Waals surface area contributed by atoms with E-state index in [4.69, 9.17) is 0 Å². The van der Waals surface area contributed by atoms with Crippen LogP contribution >= 0.6 is 0 Å². The van der Waals surface area contributed by atoms with E-state index in [1.807, 2.05) is 6.07 Å². The van der Waals surface area contributed by atoms with Gasteiger partial charge in [0.25, 0.3) is 5.69 Å². The molecule has 1 heterocycles. The first kappa shape index (κ1) is 12.8. The molecule has 0 saturated heterocycles. The Kier molecular flexibility index (Phi) is 3.07. The van der Waals surface area contributed by atoms with E-state index in [1.165, 1.54) is 12.1 Å². The third kappa shape index (κ3) is 2.32. The Hall–Kier alpha value is -3.22. The number of nitrogens with one attached hydrogen (secondary N) is 1. The summed E-state index contributed by atoms with van der Waals surface area (Å²) in [6, 6.07) is 13.4. The number of nitro benzene ring substituents is 1. The fourth-order valence-electron chi connectivity index (χ4n) is 2.05. The monoisotopic (exact) mass is 282 g/mol. The molecule has 0 spiro atoms. The van der Waals surface area contributed by atoms with E-state index in [-0.39, 0.29) is 22.6 Å². The van der Waals surface area contributed by atoms with Gasteiger partial charge in [0.2, 0.25) is 5.88 Å². The number of aromatic amines is 1. The number of non-ortho nitro benzene ring substituents is 1. The summed E-state index contributed by atoms with van der Waals surface area (Å²) in [5.41, 5.74) is 0.945. The molecule has 2 aromatic carbocycles. The van der Waals surface area contributed by atoms with Gasteiger partial charge in [-0.3, -0.25) is 10.1 Å². The highest BCUT2D eigenvalue weighted by Gasteiger charge is 2.20. The maximum Gasteiger partial charge on any atom is 0.281 e. The van der Waals surface area contributed by atoms with Crippen LogP contribution in [0, 0.1) is 10.1 Å². The molecule has 0 aliphatic carbocycles. The Morgan fingerprint density at radius 2 is 1.81 bits per heavy atom. The standard InChI is InChI=1S/C14H10N4O3/c19-14-13(17-16-9-5-2-1-3-6-9)12-10(15-14)7-4-8-11(12)18(20)21/h1-8,15,19H. The van der Waals surface area contributed by atoms with E-state index >= 15 is 0 Å². The van der Waals surface area contributed by atoms with Gasteiger partial charge in [-0.2, -0.15) is 5.11 Å². The molecule has 0 aliphatic heterocycles. The number of fused-ring (bicyclic) bond motifs is 1. The largest absolute Gasteiger partial charge is 0.493 e. The van der Waals surface area contributed by atoms with Crippen LogP contribution in [0.1, 0.15) is 0 Å². The van der Waals surface area contributed by atoms with Gasteiger partial charge in [0.05, 0.1) is 16.1 Å². The van der Waals surface area contributed by atoms with Crippen LogP contribution in [-0.4, -0.2) is 15.0 Å². The smallest absolute Gasteiger partial charge is 0.281 e. The predicted molar refractivity (Wildman–Crippen MR) is 77.2 cm³/mol. The molecule has 3 aromatic rings. The molecule has 3 rings (SSSR count). The fourth-order valence-corrected chi connectivity index (χ4v) is 2.05. The van der Waals surface area contributed by atoms with Crippen molar-refractivity contribution in [2.75, 3.05) is 0 Å². The molecule has 0 aliphatic rings. The van der Waals surface area contributed by atoms with Crippen molar-refractivity contribution in [1.29, 1.82) is 0 Å². The topological polar surface area (TPSA) is 104 Å². The number of hydrogen-bond acceptors (Lipinski definition) is 5. The van der Waals surface area contributed by atoms with Crippen LogP contribution < -0.4 is 0 Å². The molecule has 0 unspecified atom stereocenters. The van der Waals surface area contributed by atoms with Gasteiger partial charge in [0, 0.05) is 6.07 Å². The zero-order valence-electron chi connectivity index (χ0n) is 10.7. The molecule has 21 heavy (non-hydrogen) atoms. The molecule has 0 saturated carbocycles. The summed E-state index contributed by atoms with van der Waals surface area (Å²) >= 11 is 0. The highest BCUT2D eigenvalue weighted by atomic mass is 16.6. The van der Waals surface area contributed by atoms with Crippen LogP contribution in [-0.2, 0) is 0 Å². The molecule has 2 N–H and O–H groups in total. The van der Waals surface area contributed by atoms with Gasteiger partial charge in [0.15, 0.2) is 5.69 Å². The average molecular weight is 282 g/mol.